The first-order chi connectivity index (χ1) is 13.7. The molecule has 144 valence electrons. The Labute approximate surface area is 166 Å². The van der Waals surface area contributed by atoms with Gasteiger partial charge in [-0.15, -0.1) is 11.3 Å². The maximum Gasteiger partial charge on any atom is 0.259 e. The Kier molecular flexibility index (Phi) is 5.48. The number of rotatable bonds is 6. The Bertz CT molecular complexity index is 1010. The number of hydrazone groups is 1. The summed E-state index contributed by atoms with van der Waals surface area (Å²) in [6.07, 6.45) is 7.71. The number of fused-ring (bicyclic) bond motifs is 3. The number of aryl methyl sites for hydroxylation is 2. The van der Waals surface area contributed by atoms with Crippen LogP contribution in [0.15, 0.2) is 35.7 Å². The van der Waals surface area contributed by atoms with Gasteiger partial charge in [-0.2, -0.15) is 5.10 Å². The quantitative estimate of drug-likeness (QED) is 0.494. The Morgan fingerprint density at radius 2 is 2.07 bits per heavy atom. The van der Waals surface area contributed by atoms with Crippen LogP contribution in [0.5, 0.6) is 5.75 Å². The molecule has 2 aromatic heterocycles. The van der Waals surface area contributed by atoms with E-state index in [2.05, 4.69) is 25.8 Å². The second kappa shape index (κ2) is 8.35. The number of carbonyl (C=O) groups excluding carboxylic acids is 1. The molecule has 7 nitrogen and oxygen atoms in total. The second-order valence-electron chi connectivity index (χ2n) is 6.53. The number of ether oxygens (including phenoxy) is 1. The van der Waals surface area contributed by atoms with E-state index in [4.69, 9.17) is 4.74 Å². The minimum atomic E-state index is -0.236. The number of amides is 1. The summed E-state index contributed by atoms with van der Waals surface area (Å²) in [6.45, 7) is 0.0939. The molecule has 0 saturated carbocycles. The van der Waals surface area contributed by atoms with Crippen LogP contribution in [-0.2, 0) is 17.6 Å². The van der Waals surface area contributed by atoms with Crippen molar-refractivity contribution >= 4 is 39.5 Å². The molecule has 1 aliphatic rings. The van der Waals surface area contributed by atoms with Gasteiger partial charge in [0.2, 0.25) is 0 Å². The topological polar surface area (TPSA) is 88.5 Å². The van der Waals surface area contributed by atoms with Gasteiger partial charge in [-0.05, 0) is 61.1 Å². The van der Waals surface area contributed by atoms with Crippen molar-refractivity contribution in [1.29, 1.82) is 0 Å². The SMILES string of the molecule is COc1ccc(C=NNC(=O)CNc2ncnc3sc4c(c23)CCCC4)cc1. The summed E-state index contributed by atoms with van der Waals surface area (Å²) < 4.78 is 5.11. The van der Waals surface area contributed by atoms with Crippen molar-refractivity contribution in [2.24, 2.45) is 5.10 Å². The van der Waals surface area contributed by atoms with E-state index < -0.39 is 0 Å². The summed E-state index contributed by atoms with van der Waals surface area (Å²) in [4.78, 5) is 23.3. The predicted molar refractivity (Wildman–Crippen MR) is 111 cm³/mol. The number of benzene rings is 1. The van der Waals surface area contributed by atoms with Crippen LogP contribution in [0.3, 0.4) is 0 Å². The van der Waals surface area contributed by atoms with Crippen molar-refractivity contribution in [3.63, 3.8) is 0 Å². The Balaban J connectivity index is 1.38. The molecule has 0 saturated heterocycles. The van der Waals surface area contributed by atoms with Gasteiger partial charge >= 0.3 is 0 Å². The molecule has 0 unspecified atom stereocenters. The van der Waals surface area contributed by atoms with Gasteiger partial charge in [0.05, 0.1) is 25.3 Å². The number of aromatic nitrogens is 2. The highest BCUT2D eigenvalue weighted by Gasteiger charge is 2.19. The lowest BCUT2D eigenvalue weighted by Crippen LogP contribution is -2.26. The van der Waals surface area contributed by atoms with Gasteiger partial charge < -0.3 is 10.1 Å². The highest BCUT2D eigenvalue weighted by atomic mass is 32.1. The molecular formula is C20H21N5O2S. The molecule has 0 atom stereocenters. The molecule has 8 heteroatoms. The van der Waals surface area contributed by atoms with Crippen molar-refractivity contribution in [1.82, 2.24) is 15.4 Å². The number of thiophene rings is 1. The predicted octanol–water partition coefficient (Wildman–Crippen LogP) is 3.14. The number of hydrogen-bond donors (Lipinski definition) is 2. The molecule has 2 heterocycles. The van der Waals surface area contributed by atoms with Crippen LogP contribution < -0.4 is 15.5 Å². The van der Waals surface area contributed by atoms with Gasteiger partial charge in [-0.25, -0.2) is 15.4 Å². The van der Waals surface area contributed by atoms with Crippen molar-refractivity contribution in [2.75, 3.05) is 19.0 Å². The van der Waals surface area contributed by atoms with Crippen molar-refractivity contribution in [3.8, 4) is 5.75 Å². The van der Waals surface area contributed by atoms with Gasteiger partial charge in [-0.1, -0.05) is 0 Å². The minimum absolute atomic E-state index is 0.0939. The molecule has 0 spiro atoms. The third-order valence-electron chi connectivity index (χ3n) is 4.69. The fraction of sp³-hybridized carbons (Fsp3) is 0.300. The van der Waals surface area contributed by atoms with Gasteiger partial charge in [0.25, 0.3) is 5.91 Å². The van der Waals surface area contributed by atoms with Crippen molar-refractivity contribution in [2.45, 2.75) is 25.7 Å². The van der Waals surface area contributed by atoms with E-state index in [-0.39, 0.29) is 12.5 Å². The first-order valence-corrected chi connectivity index (χ1v) is 10.0. The van der Waals surface area contributed by atoms with Gasteiger partial charge in [0, 0.05) is 4.88 Å². The summed E-state index contributed by atoms with van der Waals surface area (Å²) in [5.41, 5.74) is 4.74. The second-order valence-corrected chi connectivity index (χ2v) is 7.62. The van der Waals surface area contributed by atoms with Crippen LogP contribution in [0, 0.1) is 0 Å². The van der Waals surface area contributed by atoms with Crippen LogP contribution >= 0.6 is 11.3 Å². The lowest BCUT2D eigenvalue weighted by Gasteiger charge is -2.12. The zero-order chi connectivity index (χ0) is 19.3. The maximum atomic E-state index is 12.1. The summed E-state index contributed by atoms with van der Waals surface area (Å²) in [5, 5.41) is 8.20. The minimum Gasteiger partial charge on any atom is -0.497 e. The average Bonchev–Trinajstić information content (AvgIpc) is 3.12. The molecule has 0 fully saturated rings. The monoisotopic (exact) mass is 395 g/mol. The Morgan fingerprint density at radius 1 is 1.25 bits per heavy atom. The number of nitrogens with one attached hydrogen (secondary N) is 2. The maximum absolute atomic E-state index is 12.1. The normalized spacial score (nSPS) is 13.5. The van der Waals surface area contributed by atoms with Crippen LogP contribution in [0.1, 0.15) is 28.8 Å². The third kappa shape index (κ3) is 3.96. The van der Waals surface area contributed by atoms with E-state index in [1.54, 1.807) is 31.0 Å². The summed E-state index contributed by atoms with van der Waals surface area (Å²) in [7, 11) is 1.62. The summed E-state index contributed by atoms with van der Waals surface area (Å²) in [5.74, 6) is 1.26. The molecule has 28 heavy (non-hydrogen) atoms. The first-order valence-electron chi connectivity index (χ1n) is 9.19. The number of nitrogens with zero attached hydrogens (tertiary/aromatic N) is 3. The molecule has 0 aliphatic heterocycles. The summed E-state index contributed by atoms with van der Waals surface area (Å²) >= 11 is 1.74. The zero-order valence-corrected chi connectivity index (χ0v) is 16.4. The molecule has 1 aromatic carbocycles. The van der Waals surface area contributed by atoms with E-state index >= 15 is 0 Å². The van der Waals surface area contributed by atoms with E-state index in [1.165, 1.54) is 23.3 Å². The largest absolute Gasteiger partial charge is 0.497 e. The number of hydrogen-bond acceptors (Lipinski definition) is 7. The number of methoxy groups -OCH3 is 1. The fourth-order valence-corrected chi connectivity index (χ4v) is 4.53. The van der Waals surface area contributed by atoms with Crippen LogP contribution in [0.2, 0.25) is 0 Å². The highest BCUT2D eigenvalue weighted by Crippen LogP contribution is 2.37. The molecule has 1 aliphatic carbocycles. The lowest BCUT2D eigenvalue weighted by atomic mass is 9.97. The molecule has 0 radical (unpaired) electrons. The number of anilines is 1. The number of carbonyl (C=O) groups is 1. The molecule has 4 rings (SSSR count). The standard InChI is InChI=1S/C20H21N5O2S/c1-27-14-8-6-13(7-9-14)10-24-25-17(26)11-21-19-18-15-4-2-3-5-16(15)28-20(18)23-12-22-19/h6-10,12H,2-5,11H2,1H3,(H,25,26)(H,21,22,23). The molecular weight excluding hydrogens is 374 g/mol. The molecule has 2 N–H and O–H groups in total. The van der Waals surface area contributed by atoms with Crippen LogP contribution in [0.25, 0.3) is 10.2 Å². The zero-order valence-electron chi connectivity index (χ0n) is 15.6. The van der Waals surface area contributed by atoms with E-state index in [9.17, 15) is 4.79 Å². The van der Waals surface area contributed by atoms with Gasteiger partial charge in [0.15, 0.2) is 0 Å². The van der Waals surface area contributed by atoms with Crippen LogP contribution in [0.4, 0.5) is 5.82 Å². The lowest BCUT2D eigenvalue weighted by molar-refractivity contribution is -0.119. The van der Waals surface area contributed by atoms with Crippen molar-refractivity contribution < 1.29 is 9.53 Å². The Morgan fingerprint density at radius 3 is 2.89 bits per heavy atom. The average molecular weight is 395 g/mol. The summed E-state index contributed by atoms with van der Waals surface area (Å²) in [6, 6.07) is 7.41. The first kappa shape index (κ1) is 18.4. The van der Waals surface area contributed by atoms with E-state index in [1.807, 2.05) is 24.3 Å². The van der Waals surface area contributed by atoms with E-state index in [0.717, 1.165) is 40.2 Å². The van der Waals surface area contributed by atoms with Gasteiger partial charge in [0.1, 0.15) is 22.7 Å². The third-order valence-corrected chi connectivity index (χ3v) is 5.89. The fourth-order valence-electron chi connectivity index (χ4n) is 3.30. The van der Waals surface area contributed by atoms with Gasteiger partial charge in [-0.3, -0.25) is 4.79 Å². The highest BCUT2D eigenvalue weighted by molar-refractivity contribution is 7.19. The molecule has 1 amide bonds. The Hall–Kier alpha value is -3.00. The van der Waals surface area contributed by atoms with Crippen LogP contribution in [-0.4, -0.2) is 35.7 Å². The molecule has 3 aromatic rings. The molecule has 0 bridgehead atoms. The smallest absolute Gasteiger partial charge is 0.259 e. The van der Waals surface area contributed by atoms with Crippen molar-refractivity contribution in [3.05, 3.63) is 46.6 Å². The van der Waals surface area contributed by atoms with E-state index in [0.29, 0.717) is 0 Å².